The highest BCUT2D eigenvalue weighted by Gasteiger charge is 2.20. The Hall–Kier alpha value is -1.89. The van der Waals surface area contributed by atoms with E-state index in [0.29, 0.717) is 18.9 Å². The second kappa shape index (κ2) is 7.44. The van der Waals surface area contributed by atoms with Gasteiger partial charge in [0.25, 0.3) is 0 Å². The fraction of sp³-hybridized carbons (Fsp3) is 0.545. The highest BCUT2D eigenvalue weighted by molar-refractivity contribution is 5.83. The number of nitrogens with one attached hydrogen (secondary N) is 2. The number of H-pyrrole nitrogens is 1. The molecule has 0 radical (unpaired) electrons. The van der Waals surface area contributed by atoms with Crippen LogP contribution in [0.1, 0.15) is 19.0 Å². The summed E-state index contributed by atoms with van der Waals surface area (Å²) in [6.07, 6.45) is 3.32. The van der Waals surface area contributed by atoms with Gasteiger partial charge in [0.05, 0.1) is 12.9 Å². The lowest BCUT2D eigenvalue weighted by molar-refractivity contribution is -0.142. The predicted molar refractivity (Wildman–Crippen MR) is 63.0 cm³/mol. The number of rotatable bonds is 8. The van der Waals surface area contributed by atoms with Crippen molar-refractivity contribution in [1.82, 2.24) is 15.3 Å². The molecule has 0 unspecified atom stereocenters. The second-order valence-electron chi connectivity index (χ2n) is 3.69. The van der Waals surface area contributed by atoms with Crippen LogP contribution in [0.5, 0.6) is 0 Å². The van der Waals surface area contributed by atoms with Crippen LogP contribution in [0.15, 0.2) is 12.5 Å². The molecule has 1 aromatic heterocycles. The van der Waals surface area contributed by atoms with Crippen molar-refractivity contribution in [3.05, 3.63) is 18.2 Å². The lowest BCUT2D eigenvalue weighted by atomic mass is 10.1. The molecule has 0 aliphatic carbocycles. The van der Waals surface area contributed by atoms with E-state index >= 15 is 0 Å². The zero-order valence-corrected chi connectivity index (χ0v) is 10.2. The van der Waals surface area contributed by atoms with Gasteiger partial charge >= 0.3 is 5.97 Å². The largest absolute Gasteiger partial charge is 0.480 e. The maximum absolute atomic E-state index is 11.5. The van der Waals surface area contributed by atoms with Crippen LogP contribution in [0.25, 0.3) is 0 Å². The van der Waals surface area contributed by atoms with E-state index in [0.717, 1.165) is 0 Å². The summed E-state index contributed by atoms with van der Waals surface area (Å²) >= 11 is 0. The van der Waals surface area contributed by atoms with Crippen LogP contribution < -0.4 is 5.32 Å². The third kappa shape index (κ3) is 4.96. The summed E-state index contributed by atoms with van der Waals surface area (Å²) in [4.78, 5) is 29.1. The molecular formula is C11H17N3O4. The van der Waals surface area contributed by atoms with E-state index < -0.39 is 12.0 Å². The lowest BCUT2D eigenvalue weighted by Crippen LogP contribution is -2.42. The van der Waals surface area contributed by atoms with E-state index in [1.165, 1.54) is 12.5 Å². The number of ether oxygens (including phenoxy) is 1. The average molecular weight is 255 g/mol. The Kier molecular flexibility index (Phi) is 5.86. The molecule has 0 saturated carbocycles. The highest BCUT2D eigenvalue weighted by atomic mass is 16.5. The monoisotopic (exact) mass is 255 g/mol. The first kappa shape index (κ1) is 14.2. The number of carbonyl (C=O) groups is 2. The van der Waals surface area contributed by atoms with Gasteiger partial charge in [-0.2, -0.15) is 0 Å². The molecule has 0 bridgehead atoms. The summed E-state index contributed by atoms with van der Waals surface area (Å²) in [6, 6.07) is -0.959. The average Bonchev–Trinajstić information content (AvgIpc) is 2.81. The molecule has 0 saturated heterocycles. The fourth-order valence-corrected chi connectivity index (χ4v) is 1.39. The van der Waals surface area contributed by atoms with Gasteiger partial charge in [-0.1, -0.05) is 0 Å². The Morgan fingerprint density at radius 1 is 1.61 bits per heavy atom. The van der Waals surface area contributed by atoms with Gasteiger partial charge in [0, 0.05) is 31.3 Å². The topological polar surface area (TPSA) is 104 Å². The number of aromatic nitrogens is 2. The van der Waals surface area contributed by atoms with Crippen molar-refractivity contribution in [3.63, 3.8) is 0 Å². The number of aromatic amines is 1. The third-order valence-corrected chi connectivity index (χ3v) is 2.29. The molecule has 1 heterocycles. The molecule has 0 spiro atoms. The van der Waals surface area contributed by atoms with Gasteiger partial charge in [0.15, 0.2) is 0 Å². The number of carbonyl (C=O) groups excluding carboxylic acids is 1. The molecule has 100 valence electrons. The number of carboxylic acid groups (broad SMARTS) is 1. The predicted octanol–water partition coefficient (Wildman–Crippen LogP) is -0.0518. The Bertz CT molecular complexity index is 378. The number of aliphatic carboxylic acids is 1. The van der Waals surface area contributed by atoms with Gasteiger partial charge < -0.3 is 20.1 Å². The number of hydrogen-bond donors (Lipinski definition) is 3. The molecule has 0 aliphatic rings. The first-order valence-corrected chi connectivity index (χ1v) is 5.70. The lowest BCUT2D eigenvalue weighted by Gasteiger charge is -2.13. The molecular weight excluding hydrogens is 238 g/mol. The molecule has 1 aromatic rings. The van der Waals surface area contributed by atoms with Crippen LogP contribution in [0, 0.1) is 0 Å². The Labute approximate surface area is 105 Å². The summed E-state index contributed by atoms with van der Waals surface area (Å²) in [7, 11) is 0. The van der Waals surface area contributed by atoms with E-state index in [2.05, 4.69) is 15.3 Å². The maximum atomic E-state index is 11.5. The standard InChI is InChI=1S/C11H17N3O4/c1-2-18-4-3-10(15)14-9(11(16)17)5-8-6-12-7-13-8/h6-7,9H,2-5H2,1H3,(H,12,13)(H,14,15)(H,16,17)/t9-/m1/s1. The van der Waals surface area contributed by atoms with Gasteiger partial charge in [-0.3, -0.25) is 4.79 Å². The van der Waals surface area contributed by atoms with Crippen molar-refractivity contribution in [2.75, 3.05) is 13.2 Å². The summed E-state index contributed by atoms with van der Waals surface area (Å²) < 4.78 is 5.03. The quantitative estimate of drug-likeness (QED) is 0.565. The van der Waals surface area contributed by atoms with Gasteiger partial charge in [-0.05, 0) is 6.92 Å². The van der Waals surface area contributed by atoms with E-state index in [1.807, 2.05) is 6.92 Å². The summed E-state index contributed by atoms with van der Waals surface area (Å²) in [6.45, 7) is 2.65. The molecule has 3 N–H and O–H groups in total. The molecule has 7 heteroatoms. The smallest absolute Gasteiger partial charge is 0.326 e. The SMILES string of the molecule is CCOCCC(=O)N[C@H](Cc1cnc[nH]1)C(=O)O. The van der Waals surface area contributed by atoms with Gasteiger partial charge in [-0.15, -0.1) is 0 Å². The molecule has 0 aromatic carbocycles. The Morgan fingerprint density at radius 3 is 2.94 bits per heavy atom. The van der Waals surface area contributed by atoms with Crippen molar-refractivity contribution < 1.29 is 19.4 Å². The molecule has 1 atom stereocenters. The first-order valence-electron chi connectivity index (χ1n) is 5.70. The van der Waals surface area contributed by atoms with Crippen LogP contribution in [-0.4, -0.2) is 46.2 Å². The van der Waals surface area contributed by atoms with E-state index in [9.17, 15) is 9.59 Å². The fourth-order valence-electron chi connectivity index (χ4n) is 1.39. The number of hydrogen-bond acceptors (Lipinski definition) is 4. The van der Waals surface area contributed by atoms with Crippen molar-refractivity contribution in [2.45, 2.75) is 25.8 Å². The van der Waals surface area contributed by atoms with E-state index in [-0.39, 0.29) is 18.7 Å². The van der Waals surface area contributed by atoms with E-state index in [1.54, 1.807) is 0 Å². The minimum absolute atomic E-state index is 0.153. The van der Waals surface area contributed by atoms with Crippen LogP contribution in [0.4, 0.5) is 0 Å². The molecule has 0 aliphatic heterocycles. The number of amides is 1. The summed E-state index contributed by atoms with van der Waals surface area (Å²) in [5, 5.41) is 11.5. The molecule has 7 nitrogen and oxygen atoms in total. The minimum Gasteiger partial charge on any atom is -0.480 e. The van der Waals surface area contributed by atoms with Crippen LogP contribution in [-0.2, 0) is 20.7 Å². The van der Waals surface area contributed by atoms with Crippen LogP contribution in [0.2, 0.25) is 0 Å². The van der Waals surface area contributed by atoms with Crippen LogP contribution >= 0.6 is 0 Å². The van der Waals surface area contributed by atoms with Gasteiger partial charge in [0.1, 0.15) is 6.04 Å². The van der Waals surface area contributed by atoms with Gasteiger partial charge in [0.2, 0.25) is 5.91 Å². The maximum Gasteiger partial charge on any atom is 0.326 e. The Balaban J connectivity index is 2.42. The zero-order valence-electron chi connectivity index (χ0n) is 10.2. The molecule has 1 amide bonds. The van der Waals surface area contributed by atoms with Crippen molar-refractivity contribution >= 4 is 11.9 Å². The minimum atomic E-state index is -1.07. The zero-order chi connectivity index (χ0) is 13.4. The molecule has 18 heavy (non-hydrogen) atoms. The number of nitrogens with zero attached hydrogens (tertiary/aromatic N) is 1. The van der Waals surface area contributed by atoms with Crippen molar-refractivity contribution in [1.29, 1.82) is 0 Å². The normalized spacial score (nSPS) is 12.1. The number of carboxylic acids is 1. The second-order valence-corrected chi connectivity index (χ2v) is 3.69. The Morgan fingerprint density at radius 2 is 2.39 bits per heavy atom. The van der Waals surface area contributed by atoms with Crippen LogP contribution in [0.3, 0.4) is 0 Å². The number of imidazole rings is 1. The van der Waals surface area contributed by atoms with E-state index in [4.69, 9.17) is 9.84 Å². The molecule has 1 rings (SSSR count). The third-order valence-electron chi connectivity index (χ3n) is 2.29. The summed E-state index contributed by atoms with van der Waals surface area (Å²) in [5.41, 5.74) is 0.660. The molecule has 0 fully saturated rings. The highest BCUT2D eigenvalue weighted by Crippen LogP contribution is 1.99. The summed E-state index contributed by atoms with van der Waals surface area (Å²) in [5.74, 6) is -1.41. The first-order chi connectivity index (χ1) is 8.63. The van der Waals surface area contributed by atoms with Gasteiger partial charge in [-0.25, -0.2) is 9.78 Å². The van der Waals surface area contributed by atoms with Crippen molar-refractivity contribution in [2.24, 2.45) is 0 Å². The van der Waals surface area contributed by atoms with Crippen molar-refractivity contribution in [3.8, 4) is 0 Å².